The second-order valence-electron chi connectivity index (χ2n) is 1.68. The summed E-state index contributed by atoms with van der Waals surface area (Å²) in [5, 5.41) is 10.6. The predicted octanol–water partition coefficient (Wildman–Crippen LogP) is 0.0635. The van der Waals surface area contributed by atoms with E-state index in [2.05, 4.69) is 20.4 Å². The summed E-state index contributed by atoms with van der Waals surface area (Å²) in [6.45, 7) is 0. The maximum Gasteiger partial charge on any atom is 0.198 e. The Morgan fingerprint density at radius 3 is 3.10 bits per heavy atom. The first-order chi connectivity index (χ1) is 4.88. The highest BCUT2D eigenvalue weighted by molar-refractivity contribution is 7.17. The van der Waals surface area contributed by atoms with Crippen LogP contribution in [0.15, 0.2) is 5.51 Å². The van der Waals surface area contributed by atoms with E-state index in [4.69, 9.17) is 5.73 Å². The van der Waals surface area contributed by atoms with Crippen LogP contribution >= 0.6 is 11.3 Å². The highest BCUT2D eigenvalue weighted by atomic mass is 32.1. The number of rotatable bonds is 0. The van der Waals surface area contributed by atoms with Crippen LogP contribution < -0.4 is 5.73 Å². The Morgan fingerprint density at radius 2 is 2.30 bits per heavy atom. The van der Waals surface area contributed by atoms with Gasteiger partial charge in [0.2, 0.25) is 0 Å². The van der Waals surface area contributed by atoms with Gasteiger partial charge in [0.1, 0.15) is 4.70 Å². The van der Waals surface area contributed by atoms with Crippen LogP contribution in [-0.4, -0.2) is 20.4 Å². The summed E-state index contributed by atoms with van der Waals surface area (Å²) in [7, 11) is 0. The lowest BCUT2D eigenvalue weighted by atomic mass is 10.6. The molecule has 0 spiro atoms. The molecule has 0 fully saturated rings. The molecule has 0 aromatic carbocycles. The molecule has 0 aliphatic carbocycles. The maximum absolute atomic E-state index is 5.46. The molecule has 2 aromatic heterocycles. The number of hydrogen-bond donors (Lipinski definition) is 1. The topological polar surface area (TPSA) is 77.6 Å². The summed E-state index contributed by atoms with van der Waals surface area (Å²) < 4.78 is 0.801. The Labute approximate surface area is 59.9 Å². The number of thiazole rings is 1. The molecule has 2 heterocycles. The lowest BCUT2D eigenvalue weighted by molar-refractivity contribution is 0.897. The molecule has 2 N–H and O–H groups in total. The van der Waals surface area contributed by atoms with Gasteiger partial charge in [0.25, 0.3) is 0 Å². The standard InChI is InChI=1S/C4H3N5S/c5-3-2-4(6-1-10-2)8-9-7-3/h1H,(H2,5,7,8). The average Bonchev–Trinajstić information content (AvgIpc) is 2.36. The van der Waals surface area contributed by atoms with Crippen molar-refractivity contribution in [1.82, 2.24) is 20.4 Å². The van der Waals surface area contributed by atoms with Gasteiger partial charge in [-0.25, -0.2) is 4.98 Å². The molecule has 6 heteroatoms. The Morgan fingerprint density at radius 1 is 1.40 bits per heavy atom. The monoisotopic (exact) mass is 153 g/mol. The van der Waals surface area contributed by atoms with Gasteiger partial charge < -0.3 is 5.73 Å². The largest absolute Gasteiger partial charge is 0.381 e. The van der Waals surface area contributed by atoms with Gasteiger partial charge in [-0.1, -0.05) is 0 Å². The zero-order chi connectivity index (χ0) is 6.97. The quantitative estimate of drug-likeness (QED) is 0.579. The summed E-state index contributed by atoms with van der Waals surface area (Å²) in [5.74, 6) is 0.396. The Bertz CT molecular complexity index is 355. The number of nitrogens with two attached hydrogens (primary N) is 1. The van der Waals surface area contributed by atoms with Crippen molar-refractivity contribution in [3.05, 3.63) is 5.51 Å². The molecule has 0 bridgehead atoms. The minimum atomic E-state index is 0.396. The molecule has 0 aliphatic heterocycles. The van der Waals surface area contributed by atoms with Gasteiger partial charge in [-0.3, -0.25) is 0 Å². The van der Waals surface area contributed by atoms with Crippen LogP contribution in [0.4, 0.5) is 5.82 Å². The van der Waals surface area contributed by atoms with Gasteiger partial charge >= 0.3 is 0 Å². The molecule has 2 rings (SSSR count). The van der Waals surface area contributed by atoms with Crippen molar-refractivity contribution in [2.45, 2.75) is 0 Å². The molecule has 10 heavy (non-hydrogen) atoms. The maximum atomic E-state index is 5.46. The van der Waals surface area contributed by atoms with Gasteiger partial charge in [-0.2, -0.15) is 0 Å². The van der Waals surface area contributed by atoms with Gasteiger partial charge in [-0.05, 0) is 5.21 Å². The summed E-state index contributed by atoms with van der Waals surface area (Å²) in [6.07, 6.45) is 0. The van der Waals surface area contributed by atoms with E-state index in [-0.39, 0.29) is 0 Å². The van der Waals surface area contributed by atoms with Gasteiger partial charge in [0, 0.05) is 0 Å². The summed E-state index contributed by atoms with van der Waals surface area (Å²) >= 11 is 1.41. The number of nitrogens with zero attached hydrogens (tertiary/aromatic N) is 4. The first kappa shape index (κ1) is 5.48. The number of hydrogen-bond acceptors (Lipinski definition) is 6. The van der Waals surface area contributed by atoms with Crippen LogP contribution in [-0.2, 0) is 0 Å². The molecule has 0 saturated carbocycles. The molecular formula is C4H3N5S. The fourth-order valence-corrected chi connectivity index (χ4v) is 1.26. The van der Waals surface area contributed by atoms with Crippen LogP contribution in [0.5, 0.6) is 0 Å². The van der Waals surface area contributed by atoms with E-state index in [9.17, 15) is 0 Å². The van der Waals surface area contributed by atoms with E-state index in [0.29, 0.717) is 11.5 Å². The van der Waals surface area contributed by atoms with Crippen molar-refractivity contribution < 1.29 is 0 Å². The van der Waals surface area contributed by atoms with E-state index >= 15 is 0 Å². The highest BCUT2D eigenvalue weighted by Crippen LogP contribution is 2.18. The molecule has 0 saturated heterocycles. The minimum Gasteiger partial charge on any atom is -0.381 e. The fraction of sp³-hybridized carbons (Fsp3) is 0. The normalized spacial score (nSPS) is 10.4. The van der Waals surface area contributed by atoms with E-state index in [0.717, 1.165) is 4.70 Å². The second kappa shape index (κ2) is 1.84. The summed E-state index contributed by atoms with van der Waals surface area (Å²) in [4.78, 5) is 3.90. The third-order valence-electron chi connectivity index (χ3n) is 1.07. The third kappa shape index (κ3) is 0.623. The average molecular weight is 153 g/mol. The Hall–Kier alpha value is -1.30. The van der Waals surface area contributed by atoms with Crippen LogP contribution in [0.25, 0.3) is 10.3 Å². The van der Waals surface area contributed by atoms with Crippen LogP contribution in [0.2, 0.25) is 0 Å². The molecule has 50 valence electrons. The third-order valence-corrected chi connectivity index (χ3v) is 1.91. The highest BCUT2D eigenvalue weighted by Gasteiger charge is 2.01. The van der Waals surface area contributed by atoms with E-state index in [1.807, 2.05) is 0 Å². The summed E-state index contributed by atoms with van der Waals surface area (Å²) in [6, 6.07) is 0. The second-order valence-corrected chi connectivity index (χ2v) is 2.53. The predicted molar refractivity (Wildman–Crippen MR) is 37.4 cm³/mol. The van der Waals surface area contributed by atoms with Gasteiger partial charge in [-0.15, -0.1) is 21.5 Å². The van der Waals surface area contributed by atoms with Crippen molar-refractivity contribution in [3.8, 4) is 0 Å². The first-order valence-electron chi connectivity index (χ1n) is 2.56. The molecule has 0 aliphatic rings. The zero-order valence-electron chi connectivity index (χ0n) is 4.85. The van der Waals surface area contributed by atoms with Crippen molar-refractivity contribution in [2.75, 3.05) is 5.73 Å². The van der Waals surface area contributed by atoms with Crippen LogP contribution in [0.3, 0.4) is 0 Å². The van der Waals surface area contributed by atoms with E-state index in [1.165, 1.54) is 11.3 Å². The van der Waals surface area contributed by atoms with E-state index < -0.39 is 0 Å². The van der Waals surface area contributed by atoms with Gasteiger partial charge in [0.05, 0.1) is 5.51 Å². The smallest absolute Gasteiger partial charge is 0.198 e. The van der Waals surface area contributed by atoms with Crippen molar-refractivity contribution in [3.63, 3.8) is 0 Å². The Kier molecular flexibility index (Phi) is 1.01. The molecule has 0 unspecified atom stereocenters. The SMILES string of the molecule is Nc1nnnc2ncsc12. The molecule has 0 atom stereocenters. The molecule has 2 aromatic rings. The summed E-state index contributed by atoms with van der Waals surface area (Å²) in [5.41, 5.74) is 7.69. The van der Waals surface area contributed by atoms with Crippen LogP contribution in [0.1, 0.15) is 0 Å². The van der Waals surface area contributed by atoms with Crippen molar-refractivity contribution in [2.24, 2.45) is 0 Å². The molecule has 0 amide bonds. The molecule has 0 radical (unpaired) electrons. The number of aromatic nitrogens is 4. The van der Waals surface area contributed by atoms with Crippen LogP contribution in [0, 0.1) is 0 Å². The van der Waals surface area contributed by atoms with E-state index in [1.54, 1.807) is 5.51 Å². The first-order valence-corrected chi connectivity index (χ1v) is 3.44. The van der Waals surface area contributed by atoms with Gasteiger partial charge in [0.15, 0.2) is 11.5 Å². The number of anilines is 1. The number of nitrogen functional groups attached to an aromatic ring is 1. The lowest BCUT2D eigenvalue weighted by Crippen LogP contribution is -1.94. The Balaban J connectivity index is 2.95. The van der Waals surface area contributed by atoms with Crippen molar-refractivity contribution in [1.29, 1.82) is 0 Å². The van der Waals surface area contributed by atoms with Crippen molar-refractivity contribution >= 4 is 27.5 Å². The fourth-order valence-electron chi connectivity index (χ4n) is 0.645. The minimum absolute atomic E-state index is 0.396. The molecule has 5 nitrogen and oxygen atoms in total. The zero-order valence-corrected chi connectivity index (χ0v) is 5.67. The number of fused-ring (bicyclic) bond motifs is 1. The molecular weight excluding hydrogens is 150 g/mol. The lowest BCUT2D eigenvalue weighted by Gasteiger charge is -1.86.